The monoisotopic (exact) mass is 442 g/mol. The molecule has 6 heteroatoms. The van der Waals surface area contributed by atoms with Crippen LogP contribution in [0.3, 0.4) is 0 Å². The highest BCUT2D eigenvalue weighted by Gasteiger charge is 2.60. The number of Topliss-reactive ketones (excluding diaryl/α,β-unsaturated/α-hetero) is 1. The Morgan fingerprint density at radius 3 is 2.47 bits per heavy atom. The molecular weight excluding hydrogens is 408 g/mol. The summed E-state index contributed by atoms with van der Waals surface area (Å²) in [6.07, 6.45) is 0.101. The molecule has 6 atom stereocenters. The smallest absolute Gasteiger partial charge is 0.197 e. The largest absolute Gasteiger partial charge is 0.507 e. The highest BCUT2D eigenvalue weighted by Crippen LogP contribution is 2.53. The minimum absolute atomic E-state index is 0.0804. The van der Waals surface area contributed by atoms with Crippen molar-refractivity contribution in [1.82, 2.24) is 0 Å². The zero-order valence-electron chi connectivity index (χ0n) is 19.2. The Labute approximate surface area is 188 Å². The van der Waals surface area contributed by atoms with E-state index in [0.29, 0.717) is 31.3 Å². The van der Waals surface area contributed by atoms with Crippen LogP contribution in [0.15, 0.2) is 28.9 Å². The van der Waals surface area contributed by atoms with E-state index in [4.69, 9.17) is 0 Å². The van der Waals surface area contributed by atoms with Gasteiger partial charge >= 0.3 is 0 Å². The van der Waals surface area contributed by atoms with E-state index >= 15 is 0 Å². The van der Waals surface area contributed by atoms with Crippen molar-refractivity contribution in [2.75, 3.05) is 0 Å². The quantitative estimate of drug-likeness (QED) is 0.456. The molecule has 0 aliphatic heterocycles. The first-order valence-electron chi connectivity index (χ1n) is 11.7. The highest BCUT2D eigenvalue weighted by atomic mass is 16.4. The first-order valence-corrected chi connectivity index (χ1v) is 11.7. The summed E-state index contributed by atoms with van der Waals surface area (Å²) in [6, 6.07) is 3.43. The van der Waals surface area contributed by atoms with Crippen LogP contribution in [0, 0.1) is 11.8 Å². The SMILES string of the molecule is CCC(O)C1=C(C)CC2CC3Cc4c(C(C)CC)ccc(O)c4C(O)=C3C(=O)C2(O)C1O. The molecular formula is C26H34O6. The van der Waals surface area contributed by atoms with E-state index < -0.39 is 29.5 Å². The Morgan fingerprint density at radius 2 is 1.84 bits per heavy atom. The lowest BCUT2D eigenvalue weighted by atomic mass is 9.56. The third kappa shape index (κ3) is 3.07. The van der Waals surface area contributed by atoms with Crippen molar-refractivity contribution < 1.29 is 30.3 Å². The minimum Gasteiger partial charge on any atom is -0.507 e. The molecule has 0 heterocycles. The van der Waals surface area contributed by atoms with Crippen molar-refractivity contribution in [3.05, 3.63) is 45.5 Å². The van der Waals surface area contributed by atoms with Crippen molar-refractivity contribution in [2.45, 2.75) is 83.5 Å². The van der Waals surface area contributed by atoms with E-state index in [1.807, 2.05) is 13.0 Å². The topological polar surface area (TPSA) is 118 Å². The molecule has 6 unspecified atom stereocenters. The second kappa shape index (κ2) is 8.01. The number of aliphatic hydroxyl groups is 4. The van der Waals surface area contributed by atoms with Gasteiger partial charge in [0.25, 0.3) is 0 Å². The van der Waals surface area contributed by atoms with Gasteiger partial charge in [-0.1, -0.05) is 32.4 Å². The zero-order valence-corrected chi connectivity index (χ0v) is 19.2. The summed E-state index contributed by atoms with van der Waals surface area (Å²) in [5.41, 5.74) is 1.25. The maximum Gasteiger partial charge on any atom is 0.197 e. The molecule has 32 heavy (non-hydrogen) atoms. The second-order valence-corrected chi connectivity index (χ2v) is 9.85. The van der Waals surface area contributed by atoms with Crippen molar-refractivity contribution in [1.29, 1.82) is 0 Å². The number of rotatable bonds is 4. The van der Waals surface area contributed by atoms with Gasteiger partial charge in [0.05, 0.1) is 11.7 Å². The molecule has 0 aromatic heterocycles. The van der Waals surface area contributed by atoms with Crippen LogP contribution in [0.5, 0.6) is 5.75 Å². The van der Waals surface area contributed by atoms with Crippen LogP contribution in [-0.2, 0) is 11.2 Å². The van der Waals surface area contributed by atoms with Gasteiger partial charge in [0.1, 0.15) is 17.6 Å². The molecule has 1 aromatic carbocycles. The van der Waals surface area contributed by atoms with Crippen LogP contribution in [0.25, 0.3) is 5.76 Å². The molecule has 0 spiro atoms. The van der Waals surface area contributed by atoms with E-state index in [1.54, 1.807) is 13.0 Å². The van der Waals surface area contributed by atoms with E-state index in [9.17, 15) is 30.3 Å². The number of phenols is 1. The molecule has 3 aliphatic rings. The predicted octanol–water partition coefficient (Wildman–Crippen LogP) is 3.52. The molecule has 4 rings (SSSR count). The molecule has 0 saturated heterocycles. The lowest BCUT2D eigenvalue weighted by Gasteiger charge is -2.50. The number of carbonyl (C=O) groups is 1. The van der Waals surface area contributed by atoms with Crippen LogP contribution < -0.4 is 0 Å². The Balaban J connectivity index is 1.87. The number of hydrogen-bond acceptors (Lipinski definition) is 6. The number of benzene rings is 1. The van der Waals surface area contributed by atoms with Gasteiger partial charge in [0.2, 0.25) is 0 Å². The Kier molecular flexibility index (Phi) is 5.76. The number of allylic oxidation sites excluding steroid dienone is 1. The second-order valence-electron chi connectivity index (χ2n) is 9.85. The Hall–Kier alpha value is -2.15. The normalized spacial score (nSPS) is 31.7. The molecule has 0 amide bonds. The molecule has 174 valence electrons. The van der Waals surface area contributed by atoms with Gasteiger partial charge in [-0.25, -0.2) is 0 Å². The summed E-state index contributed by atoms with van der Waals surface area (Å²) in [5.74, 6) is -1.68. The number of ketones is 1. The average Bonchev–Trinajstić information content (AvgIpc) is 2.75. The molecule has 0 radical (unpaired) electrons. The Morgan fingerprint density at radius 1 is 1.16 bits per heavy atom. The van der Waals surface area contributed by atoms with Crippen LogP contribution in [0.4, 0.5) is 0 Å². The number of fused-ring (bicyclic) bond motifs is 3. The number of carbonyl (C=O) groups excluding carboxylic acids is 1. The molecule has 1 saturated carbocycles. The minimum atomic E-state index is -2.10. The fourth-order valence-electron chi connectivity index (χ4n) is 6.14. The number of hydrogen-bond donors (Lipinski definition) is 5. The van der Waals surface area contributed by atoms with E-state index in [2.05, 4.69) is 13.8 Å². The highest BCUT2D eigenvalue weighted by molar-refractivity contribution is 6.09. The lowest BCUT2D eigenvalue weighted by molar-refractivity contribution is -0.163. The van der Waals surface area contributed by atoms with E-state index in [-0.39, 0.29) is 34.5 Å². The Bertz CT molecular complexity index is 1020. The third-order valence-corrected chi connectivity index (χ3v) is 8.12. The summed E-state index contributed by atoms with van der Waals surface area (Å²) < 4.78 is 0. The molecule has 6 nitrogen and oxygen atoms in total. The van der Waals surface area contributed by atoms with Gasteiger partial charge in [0.15, 0.2) is 11.4 Å². The molecule has 5 N–H and O–H groups in total. The maximum absolute atomic E-state index is 13.7. The third-order valence-electron chi connectivity index (χ3n) is 8.12. The summed E-state index contributed by atoms with van der Waals surface area (Å²) in [5, 5.41) is 54.8. The van der Waals surface area contributed by atoms with Crippen molar-refractivity contribution in [3.8, 4) is 5.75 Å². The first kappa shape index (κ1) is 23.0. The van der Waals surface area contributed by atoms with Crippen LogP contribution >= 0.6 is 0 Å². The van der Waals surface area contributed by atoms with Crippen molar-refractivity contribution in [2.24, 2.45) is 11.8 Å². The van der Waals surface area contributed by atoms with Gasteiger partial charge in [-0.3, -0.25) is 4.79 Å². The summed E-state index contributed by atoms with van der Waals surface area (Å²) >= 11 is 0. The predicted molar refractivity (Wildman–Crippen MR) is 121 cm³/mol. The number of aliphatic hydroxyl groups excluding tert-OH is 3. The summed E-state index contributed by atoms with van der Waals surface area (Å²) in [4.78, 5) is 13.7. The average molecular weight is 443 g/mol. The number of phenolic OH excluding ortho intramolecular Hbond substituents is 1. The van der Waals surface area contributed by atoms with Crippen molar-refractivity contribution in [3.63, 3.8) is 0 Å². The van der Waals surface area contributed by atoms with E-state index in [1.165, 1.54) is 0 Å². The van der Waals surface area contributed by atoms with Crippen LogP contribution in [0.2, 0.25) is 0 Å². The van der Waals surface area contributed by atoms with Gasteiger partial charge in [0, 0.05) is 11.5 Å². The van der Waals surface area contributed by atoms with Gasteiger partial charge in [-0.05, 0) is 73.6 Å². The van der Waals surface area contributed by atoms with E-state index in [0.717, 1.165) is 23.1 Å². The molecule has 1 fully saturated rings. The molecule has 3 aliphatic carbocycles. The van der Waals surface area contributed by atoms with Crippen molar-refractivity contribution >= 4 is 11.5 Å². The molecule has 0 bridgehead atoms. The van der Waals surface area contributed by atoms with Gasteiger partial charge < -0.3 is 25.5 Å². The molecule has 1 aromatic rings. The van der Waals surface area contributed by atoms with Crippen LogP contribution in [0.1, 0.15) is 76.0 Å². The summed E-state index contributed by atoms with van der Waals surface area (Å²) in [6.45, 7) is 7.79. The van der Waals surface area contributed by atoms with Gasteiger partial charge in [-0.15, -0.1) is 0 Å². The first-order chi connectivity index (χ1) is 15.1. The summed E-state index contributed by atoms with van der Waals surface area (Å²) in [7, 11) is 0. The fourth-order valence-corrected chi connectivity index (χ4v) is 6.14. The zero-order chi connectivity index (χ0) is 23.5. The fraction of sp³-hybridized carbons (Fsp3) is 0.577. The lowest BCUT2D eigenvalue weighted by Crippen LogP contribution is -2.63. The standard InChI is InChI=1S/C26H34O6/c1-5-12(3)16-7-8-19(28)22-17(16)11-14-10-15-9-13(4)20(18(27)6-2)24(30)26(15,32)25(31)21(14)23(22)29/h7-8,12,14-15,18,24,27-30,32H,5-6,9-11H2,1-4H3. The maximum atomic E-state index is 13.7. The van der Waals surface area contributed by atoms with Crippen LogP contribution in [-0.4, -0.2) is 49.1 Å². The van der Waals surface area contributed by atoms with Gasteiger partial charge in [-0.2, -0.15) is 0 Å². The number of aromatic hydroxyl groups is 1.